The molecule has 3 heteroatoms. The van der Waals surface area contributed by atoms with Crippen molar-refractivity contribution in [1.82, 2.24) is 0 Å². The molecule has 0 saturated heterocycles. The molecule has 0 spiro atoms. The first-order valence-corrected chi connectivity index (χ1v) is 4.38. The number of carboxylic acids is 1. The van der Waals surface area contributed by atoms with Crippen LogP contribution in [-0.2, 0) is 11.2 Å². The highest BCUT2D eigenvalue weighted by Crippen LogP contribution is 2.15. The van der Waals surface area contributed by atoms with E-state index >= 15 is 0 Å². The molecule has 74 valence electrons. The highest BCUT2D eigenvalue weighted by molar-refractivity contribution is 5.73. The minimum Gasteiger partial charge on any atom is -0.481 e. The van der Waals surface area contributed by atoms with Gasteiger partial charge in [-0.3, -0.25) is 4.79 Å². The van der Waals surface area contributed by atoms with Crippen LogP contribution in [-0.4, -0.2) is 17.6 Å². The second-order valence-corrected chi connectivity index (χ2v) is 2.90. The Morgan fingerprint density at radius 1 is 1.50 bits per heavy atom. The van der Waals surface area contributed by atoms with Crippen LogP contribution in [0.25, 0.3) is 0 Å². The number of rotatable bonds is 5. The molecule has 0 heterocycles. The lowest BCUT2D eigenvalue weighted by Crippen LogP contribution is -2.06. The third kappa shape index (κ3) is 2.94. The van der Waals surface area contributed by atoms with Crippen LogP contribution < -0.4 is 5.32 Å². The molecular weight excluding hydrogens is 178 g/mol. The van der Waals surface area contributed by atoms with E-state index < -0.39 is 5.97 Å². The van der Waals surface area contributed by atoms with Crippen LogP contribution in [0.15, 0.2) is 36.9 Å². The van der Waals surface area contributed by atoms with Gasteiger partial charge < -0.3 is 10.4 Å². The fraction of sp³-hybridized carbons (Fsp3) is 0.182. The fourth-order valence-electron chi connectivity index (χ4n) is 1.19. The second kappa shape index (κ2) is 5.07. The molecule has 0 aliphatic carbocycles. The molecule has 0 saturated carbocycles. The standard InChI is InChI=1S/C11H13NO2/c1-2-7-12-10-6-4-3-5-9(10)8-11(13)14/h2-6,12H,1,7-8H2,(H,13,14). The van der Waals surface area contributed by atoms with Crippen molar-refractivity contribution in [3.05, 3.63) is 42.5 Å². The fourth-order valence-corrected chi connectivity index (χ4v) is 1.19. The van der Waals surface area contributed by atoms with E-state index in [2.05, 4.69) is 11.9 Å². The van der Waals surface area contributed by atoms with Gasteiger partial charge in [0.1, 0.15) is 0 Å². The Labute approximate surface area is 83.1 Å². The summed E-state index contributed by atoms with van der Waals surface area (Å²) in [6, 6.07) is 7.37. The lowest BCUT2D eigenvalue weighted by Gasteiger charge is -2.08. The smallest absolute Gasteiger partial charge is 0.307 e. The zero-order chi connectivity index (χ0) is 10.4. The zero-order valence-electron chi connectivity index (χ0n) is 7.86. The van der Waals surface area contributed by atoms with Gasteiger partial charge in [-0.05, 0) is 11.6 Å². The molecule has 0 unspecified atom stereocenters. The van der Waals surface area contributed by atoms with Crippen molar-refractivity contribution in [3.8, 4) is 0 Å². The van der Waals surface area contributed by atoms with Crippen LogP contribution in [0.4, 0.5) is 5.69 Å². The van der Waals surface area contributed by atoms with Crippen LogP contribution in [0.2, 0.25) is 0 Å². The summed E-state index contributed by atoms with van der Waals surface area (Å²) in [5.74, 6) is -0.821. The van der Waals surface area contributed by atoms with Gasteiger partial charge in [0.25, 0.3) is 0 Å². The Morgan fingerprint density at radius 3 is 2.86 bits per heavy atom. The van der Waals surface area contributed by atoms with Gasteiger partial charge in [0.15, 0.2) is 0 Å². The number of carbonyl (C=O) groups is 1. The maximum atomic E-state index is 10.5. The monoisotopic (exact) mass is 191 g/mol. The van der Waals surface area contributed by atoms with Crippen molar-refractivity contribution in [2.75, 3.05) is 11.9 Å². The molecule has 1 rings (SSSR count). The molecule has 0 aromatic heterocycles. The van der Waals surface area contributed by atoms with E-state index in [-0.39, 0.29) is 6.42 Å². The molecule has 2 N–H and O–H groups in total. The molecule has 0 aliphatic rings. The largest absolute Gasteiger partial charge is 0.481 e. The predicted octanol–water partition coefficient (Wildman–Crippen LogP) is 1.91. The van der Waals surface area contributed by atoms with Crippen molar-refractivity contribution in [2.24, 2.45) is 0 Å². The van der Waals surface area contributed by atoms with E-state index in [1.165, 1.54) is 0 Å². The molecule has 0 aliphatic heterocycles. The quantitative estimate of drug-likeness (QED) is 0.699. The van der Waals surface area contributed by atoms with E-state index in [9.17, 15) is 4.79 Å². The molecule has 0 fully saturated rings. The van der Waals surface area contributed by atoms with Gasteiger partial charge in [-0.25, -0.2) is 0 Å². The Bertz CT molecular complexity index is 334. The summed E-state index contributed by atoms with van der Waals surface area (Å²) in [6.07, 6.45) is 1.78. The molecule has 14 heavy (non-hydrogen) atoms. The summed E-state index contributed by atoms with van der Waals surface area (Å²) in [6.45, 7) is 4.22. The Hall–Kier alpha value is -1.77. The topological polar surface area (TPSA) is 49.3 Å². The summed E-state index contributed by atoms with van der Waals surface area (Å²) in [4.78, 5) is 10.5. The number of nitrogens with one attached hydrogen (secondary N) is 1. The lowest BCUT2D eigenvalue weighted by molar-refractivity contribution is -0.136. The van der Waals surface area contributed by atoms with Crippen LogP contribution in [0.3, 0.4) is 0 Å². The Kier molecular flexibility index (Phi) is 3.73. The van der Waals surface area contributed by atoms with Gasteiger partial charge in [0, 0.05) is 12.2 Å². The molecule has 0 radical (unpaired) electrons. The first-order valence-electron chi connectivity index (χ1n) is 4.38. The highest BCUT2D eigenvalue weighted by Gasteiger charge is 2.04. The SMILES string of the molecule is C=CCNc1ccccc1CC(=O)O. The molecule has 1 aromatic carbocycles. The first-order chi connectivity index (χ1) is 6.74. The van der Waals surface area contributed by atoms with Gasteiger partial charge in [0.05, 0.1) is 6.42 Å². The van der Waals surface area contributed by atoms with Crippen LogP contribution >= 0.6 is 0 Å². The number of anilines is 1. The summed E-state index contributed by atoms with van der Waals surface area (Å²) >= 11 is 0. The van der Waals surface area contributed by atoms with E-state index in [4.69, 9.17) is 5.11 Å². The third-order valence-corrected chi connectivity index (χ3v) is 1.80. The summed E-state index contributed by atoms with van der Waals surface area (Å²) in [5, 5.41) is 11.8. The molecule has 1 aromatic rings. The number of benzene rings is 1. The normalized spacial score (nSPS) is 9.43. The second-order valence-electron chi connectivity index (χ2n) is 2.90. The average Bonchev–Trinajstić information content (AvgIpc) is 2.16. The van der Waals surface area contributed by atoms with Gasteiger partial charge in [-0.1, -0.05) is 24.3 Å². The van der Waals surface area contributed by atoms with Gasteiger partial charge >= 0.3 is 5.97 Å². The Balaban J connectivity index is 2.79. The number of para-hydroxylation sites is 1. The minimum absolute atomic E-state index is 0.0420. The van der Waals surface area contributed by atoms with Gasteiger partial charge in [-0.15, -0.1) is 6.58 Å². The number of hydrogen-bond donors (Lipinski definition) is 2. The van der Waals surface area contributed by atoms with Crippen molar-refractivity contribution in [1.29, 1.82) is 0 Å². The molecule has 0 amide bonds. The zero-order valence-corrected chi connectivity index (χ0v) is 7.86. The van der Waals surface area contributed by atoms with E-state index in [1.807, 2.05) is 18.2 Å². The van der Waals surface area contributed by atoms with E-state index in [0.29, 0.717) is 6.54 Å². The first kappa shape index (κ1) is 10.3. The van der Waals surface area contributed by atoms with Crippen molar-refractivity contribution in [3.63, 3.8) is 0 Å². The molecule has 0 atom stereocenters. The Morgan fingerprint density at radius 2 is 2.21 bits per heavy atom. The summed E-state index contributed by atoms with van der Waals surface area (Å²) < 4.78 is 0. The molecule has 0 bridgehead atoms. The van der Waals surface area contributed by atoms with Crippen molar-refractivity contribution < 1.29 is 9.90 Å². The third-order valence-electron chi connectivity index (χ3n) is 1.80. The van der Waals surface area contributed by atoms with Crippen LogP contribution in [0, 0.1) is 0 Å². The van der Waals surface area contributed by atoms with E-state index in [1.54, 1.807) is 12.1 Å². The van der Waals surface area contributed by atoms with Crippen LogP contribution in [0.1, 0.15) is 5.56 Å². The predicted molar refractivity (Wildman–Crippen MR) is 56.5 cm³/mol. The van der Waals surface area contributed by atoms with Gasteiger partial charge in [0.2, 0.25) is 0 Å². The summed E-state index contributed by atoms with van der Waals surface area (Å²) in [5.41, 5.74) is 1.65. The maximum absolute atomic E-state index is 10.5. The molecule has 3 nitrogen and oxygen atoms in total. The number of aliphatic carboxylic acids is 1. The average molecular weight is 191 g/mol. The van der Waals surface area contributed by atoms with Crippen molar-refractivity contribution >= 4 is 11.7 Å². The minimum atomic E-state index is -0.821. The van der Waals surface area contributed by atoms with Crippen LogP contribution in [0.5, 0.6) is 0 Å². The lowest BCUT2D eigenvalue weighted by atomic mass is 10.1. The van der Waals surface area contributed by atoms with Gasteiger partial charge in [-0.2, -0.15) is 0 Å². The maximum Gasteiger partial charge on any atom is 0.307 e. The summed E-state index contributed by atoms with van der Waals surface area (Å²) in [7, 11) is 0. The number of carboxylic acid groups (broad SMARTS) is 1. The molecular formula is C11H13NO2. The number of hydrogen-bond acceptors (Lipinski definition) is 2. The van der Waals surface area contributed by atoms with Crippen molar-refractivity contribution in [2.45, 2.75) is 6.42 Å². The highest BCUT2D eigenvalue weighted by atomic mass is 16.4. The van der Waals surface area contributed by atoms with E-state index in [0.717, 1.165) is 11.3 Å².